The Morgan fingerprint density at radius 2 is 2.11 bits per heavy atom. The minimum Gasteiger partial charge on any atom is -0.312 e. The molecule has 0 radical (unpaired) electrons. The van der Waals surface area contributed by atoms with Gasteiger partial charge in [-0.3, -0.25) is 0 Å². The lowest BCUT2D eigenvalue weighted by Crippen LogP contribution is -2.40. The van der Waals surface area contributed by atoms with Gasteiger partial charge in [-0.15, -0.1) is 11.3 Å². The summed E-state index contributed by atoms with van der Waals surface area (Å²) in [5.74, 6) is 0.663. The van der Waals surface area contributed by atoms with Crippen LogP contribution in [0.5, 0.6) is 0 Å². The number of nitrogens with zero attached hydrogens (tertiary/aromatic N) is 1. The smallest absolute Gasteiger partial charge is 0.0701 e. The molecule has 0 aromatic carbocycles. The van der Waals surface area contributed by atoms with Crippen molar-refractivity contribution < 1.29 is 0 Å². The molecule has 1 rings (SSSR count). The third kappa shape index (κ3) is 6.88. The minimum absolute atomic E-state index is 0.213. The Hall–Kier alpha value is 0.100. The van der Waals surface area contributed by atoms with E-state index in [1.165, 1.54) is 9.35 Å². The second-order valence-electron chi connectivity index (χ2n) is 6.19. The number of rotatable bonds is 6. The second-order valence-corrected chi connectivity index (χ2v) is 8.48. The highest BCUT2D eigenvalue weighted by Crippen LogP contribution is 2.21. The van der Waals surface area contributed by atoms with E-state index in [2.05, 4.69) is 72.3 Å². The average Bonchev–Trinajstić information content (AvgIpc) is 2.59. The van der Waals surface area contributed by atoms with Gasteiger partial charge in [0, 0.05) is 18.6 Å². The Balaban J connectivity index is 2.29. The van der Waals surface area contributed by atoms with Crippen molar-refractivity contribution in [3.63, 3.8) is 0 Å². The van der Waals surface area contributed by atoms with Crippen LogP contribution >= 0.6 is 27.3 Å². The van der Waals surface area contributed by atoms with Crippen LogP contribution in [0.1, 0.15) is 33.3 Å². The van der Waals surface area contributed by atoms with Crippen molar-refractivity contribution in [1.82, 2.24) is 10.2 Å². The lowest BCUT2D eigenvalue weighted by atomic mass is 10.1. The van der Waals surface area contributed by atoms with Crippen molar-refractivity contribution in [3.05, 3.63) is 20.8 Å². The van der Waals surface area contributed by atoms with Crippen molar-refractivity contribution >= 4 is 27.3 Å². The largest absolute Gasteiger partial charge is 0.312 e. The van der Waals surface area contributed by atoms with Crippen LogP contribution in [0.2, 0.25) is 0 Å². The van der Waals surface area contributed by atoms with Crippen molar-refractivity contribution in [2.24, 2.45) is 5.92 Å². The van der Waals surface area contributed by atoms with E-state index >= 15 is 0 Å². The van der Waals surface area contributed by atoms with Gasteiger partial charge in [0.1, 0.15) is 0 Å². The maximum atomic E-state index is 3.56. The molecule has 1 N–H and O–H groups in total. The van der Waals surface area contributed by atoms with Gasteiger partial charge in [-0.05, 0) is 73.2 Å². The van der Waals surface area contributed by atoms with Gasteiger partial charge in [0.05, 0.1) is 3.79 Å². The van der Waals surface area contributed by atoms with Gasteiger partial charge in [0.2, 0.25) is 0 Å². The minimum atomic E-state index is 0.213. The Morgan fingerprint density at radius 1 is 1.44 bits per heavy atom. The van der Waals surface area contributed by atoms with Gasteiger partial charge < -0.3 is 10.2 Å². The van der Waals surface area contributed by atoms with Crippen LogP contribution in [-0.2, 0) is 6.54 Å². The highest BCUT2D eigenvalue weighted by molar-refractivity contribution is 9.11. The molecule has 1 aromatic heterocycles. The number of nitrogens with one attached hydrogen (secondary N) is 1. The van der Waals surface area contributed by atoms with E-state index in [1.807, 2.05) is 0 Å². The molecular formula is C14H25BrN2S. The molecule has 1 atom stereocenters. The van der Waals surface area contributed by atoms with Gasteiger partial charge >= 0.3 is 0 Å². The SMILES string of the molecule is CC(CNC(C)(C)C)CN(C)Cc1csc(Br)c1. The number of halogens is 1. The topological polar surface area (TPSA) is 15.3 Å². The predicted octanol–water partition coefficient (Wildman–Crippen LogP) is 3.97. The van der Waals surface area contributed by atoms with Crippen LogP contribution in [0.25, 0.3) is 0 Å². The summed E-state index contributed by atoms with van der Waals surface area (Å²) in [6, 6.07) is 2.21. The molecule has 0 amide bonds. The molecular weight excluding hydrogens is 308 g/mol. The van der Waals surface area contributed by atoms with Crippen molar-refractivity contribution in [2.45, 2.75) is 39.8 Å². The van der Waals surface area contributed by atoms with E-state index in [0.29, 0.717) is 5.92 Å². The molecule has 0 saturated carbocycles. The molecule has 4 heteroatoms. The molecule has 0 aliphatic rings. The fraction of sp³-hybridized carbons (Fsp3) is 0.714. The quantitative estimate of drug-likeness (QED) is 0.847. The summed E-state index contributed by atoms with van der Waals surface area (Å²) >= 11 is 5.27. The van der Waals surface area contributed by atoms with Crippen molar-refractivity contribution in [2.75, 3.05) is 20.1 Å². The van der Waals surface area contributed by atoms with Gasteiger partial charge in [0.15, 0.2) is 0 Å². The molecule has 0 saturated heterocycles. The second kappa shape index (κ2) is 7.04. The lowest BCUT2D eigenvalue weighted by Gasteiger charge is -2.26. The molecule has 1 heterocycles. The molecule has 104 valence electrons. The number of hydrogen-bond donors (Lipinski definition) is 1. The van der Waals surface area contributed by atoms with Gasteiger partial charge in [-0.25, -0.2) is 0 Å². The summed E-state index contributed by atoms with van der Waals surface area (Å²) in [5.41, 5.74) is 1.61. The first-order chi connectivity index (χ1) is 8.26. The fourth-order valence-electron chi connectivity index (χ4n) is 1.88. The molecule has 1 unspecified atom stereocenters. The van der Waals surface area contributed by atoms with E-state index < -0.39 is 0 Å². The molecule has 1 aromatic rings. The Kier molecular flexibility index (Phi) is 6.31. The highest BCUT2D eigenvalue weighted by Gasteiger charge is 2.12. The first-order valence-corrected chi connectivity index (χ1v) is 8.10. The van der Waals surface area contributed by atoms with Crippen LogP contribution in [0.15, 0.2) is 15.2 Å². The van der Waals surface area contributed by atoms with Gasteiger partial charge in [-0.1, -0.05) is 6.92 Å². The average molecular weight is 333 g/mol. The Labute approximate surface area is 124 Å². The third-order valence-electron chi connectivity index (χ3n) is 2.68. The van der Waals surface area contributed by atoms with E-state index in [0.717, 1.165) is 19.6 Å². The lowest BCUT2D eigenvalue weighted by molar-refractivity contribution is 0.262. The Morgan fingerprint density at radius 3 is 2.61 bits per heavy atom. The molecule has 0 aliphatic heterocycles. The van der Waals surface area contributed by atoms with Gasteiger partial charge in [-0.2, -0.15) is 0 Å². The van der Waals surface area contributed by atoms with Crippen LogP contribution in [0, 0.1) is 5.92 Å². The predicted molar refractivity (Wildman–Crippen MR) is 85.3 cm³/mol. The molecule has 2 nitrogen and oxygen atoms in total. The fourth-order valence-corrected chi connectivity index (χ4v) is 3.08. The molecule has 0 fully saturated rings. The Bertz CT molecular complexity index is 357. The zero-order valence-corrected chi connectivity index (χ0v) is 14.5. The summed E-state index contributed by atoms with van der Waals surface area (Å²) in [7, 11) is 2.19. The summed E-state index contributed by atoms with van der Waals surface area (Å²) in [5, 5.41) is 5.78. The number of thiophene rings is 1. The van der Waals surface area contributed by atoms with E-state index in [1.54, 1.807) is 11.3 Å². The van der Waals surface area contributed by atoms with Crippen molar-refractivity contribution in [3.8, 4) is 0 Å². The number of hydrogen-bond acceptors (Lipinski definition) is 3. The maximum absolute atomic E-state index is 3.56. The summed E-state index contributed by atoms with van der Waals surface area (Å²) < 4.78 is 1.22. The van der Waals surface area contributed by atoms with Crippen LogP contribution in [0.4, 0.5) is 0 Å². The maximum Gasteiger partial charge on any atom is 0.0701 e. The first kappa shape index (κ1) is 16.2. The summed E-state index contributed by atoms with van der Waals surface area (Å²) in [6.45, 7) is 12.2. The molecule has 0 bridgehead atoms. The zero-order valence-electron chi connectivity index (χ0n) is 12.1. The van der Waals surface area contributed by atoms with Gasteiger partial charge in [0.25, 0.3) is 0 Å². The molecule has 0 spiro atoms. The first-order valence-electron chi connectivity index (χ1n) is 6.43. The zero-order chi connectivity index (χ0) is 13.8. The summed E-state index contributed by atoms with van der Waals surface area (Å²) in [6.07, 6.45) is 0. The van der Waals surface area contributed by atoms with Crippen LogP contribution < -0.4 is 5.32 Å². The molecule has 0 aliphatic carbocycles. The highest BCUT2D eigenvalue weighted by atomic mass is 79.9. The van der Waals surface area contributed by atoms with E-state index in [-0.39, 0.29) is 5.54 Å². The van der Waals surface area contributed by atoms with Crippen LogP contribution in [0.3, 0.4) is 0 Å². The standard InChI is InChI=1S/C14H25BrN2S/c1-11(7-16-14(2,3)4)8-17(5)9-12-6-13(15)18-10-12/h6,10-11,16H,7-9H2,1-5H3. The summed E-state index contributed by atoms with van der Waals surface area (Å²) in [4.78, 5) is 2.39. The third-order valence-corrected chi connectivity index (χ3v) is 4.23. The van der Waals surface area contributed by atoms with E-state index in [4.69, 9.17) is 0 Å². The monoisotopic (exact) mass is 332 g/mol. The molecule has 18 heavy (non-hydrogen) atoms. The van der Waals surface area contributed by atoms with E-state index in [9.17, 15) is 0 Å². The van der Waals surface area contributed by atoms with Crippen LogP contribution in [-0.4, -0.2) is 30.6 Å². The normalized spacial score (nSPS) is 14.2. The van der Waals surface area contributed by atoms with Crippen molar-refractivity contribution in [1.29, 1.82) is 0 Å².